The minimum absolute atomic E-state index is 0.0763. The molecule has 78 valence electrons. The van der Waals surface area contributed by atoms with Crippen LogP contribution in [0.2, 0.25) is 0 Å². The Kier molecular flexibility index (Phi) is 2.10. The zero-order chi connectivity index (χ0) is 10.3. The second kappa shape index (κ2) is 3.46. The van der Waals surface area contributed by atoms with Crippen LogP contribution < -0.4 is 5.32 Å². The van der Waals surface area contributed by atoms with Crippen molar-refractivity contribution in [3.8, 4) is 0 Å². The summed E-state index contributed by atoms with van der Waals surface area (Å²) < 4.78 is 0. The third-order valence-corrected chi connectivity index (χ3v) is 3.32. The standard InChI is InChI=1S/C13H15NO/c15-13-11-4-2-1-3-9(11)5-8-12(13)14-10-6-7-10/h1-4,10,12,14H,5-8H2. The molecule has 2 aliphatic rings. The Morgan fingerprint density at radius 1 is 1.13 bits per heavy atom. The second-order valence-corrected chi connectivity index (χ2v) is 4.55. The lowest BCUT2D eigenvalue weighted by Gasteiger charge is -2.24. The van der Waals surface area contributed by atoms with Gasteiger partial charge in [0.25, 0.3) is 0 Å². The van der Waals surface area contributed by atoms with E-state index in [4.69, 9.17) is 0 Å². The largest absolute Gasteiger partial charge is 0.304 e. The highest BCUT2D eigenvalue weighted by Gasteiger charge is 2.31. The van der Waals surface area contributed by atoms with Gasteiger partial charge in [0.15, 0.2) is 5.78 Å². The fourth-order valence-corrected chi connectivity index (χ4v) is 2.29. The first-order chi connectivity index (χ1) is 7.34. The number of Topliss-reactive ketones (excluding diaryl/α,β-unsaturated/α-hetero) is 1. The fraction of sp³-hybridized carbons (Fsp3) is 0.462. The third-order valence-electron chi connectivity index (χ3n) is 3.32. The number of aryl methyl sites for hydroxylation is 1. The van der Waals surface area contributed by atoms with E-state index in [0.29, 0.717) is 11.8 Å². The van der Waals surface area contributed by atoms with Crippen LogP contribution in [0.25, 0.3) is 0 Å². The van der Waals surface area contributed by atoms with E-state index < -0.39 is 0 Å². The third kappa shape index (κ3) is 1.70. The van der Waals surface area contributed by atoms with E-state index >= 15 is 0 Å². The summed E-state index contributed by atoms with van der Waals surface area (Å²) in [5.74, 6) is 0.295. The molecule has 0 amide bonds. The summed E-state index contributed by atoms with van der Waals surface area (Å²) in [6.45, 7) is 0. The molecule has 0 saturated heterocycles. The van der Waals surface area contributed by atoms with Gasteiger partial charge in [-0.2, -0.15) is 0 Å². The normalized spacial score (nSPS) is 25.1. The first-order valence-corrected chi connectivity index (χ1v) is 5.73. The van der Waals surface area contributed by atoms with Crippen molar-refractivity contribution in [2.24, 2.45) is 0 Å². The number of rotatable bonds is 2. The molecular formula is C13H15NO. The number of hydrogen-bond donors (Lipinski definition) is 1. The highest BCUT2D eigenvalue weighted by molar-refractivity contribution is 6.02. The van der Waals surface area contributed by atoms with Crippen LogP contribution in [-0.2, 0) is 6.42 Å². The Bertz CT molecular complexity index is 395. The molecule has 0 spiro atoms. The van der Waals surface area contributed by atoms with E-state index in [2.05, 4.69) is 11.4 Å². The summed E-state index contributed by atoms with van der Waals surface area (Å²) in [6, 6.07) is 8.69. The number of hydrogen-bond acceptors (Lipinski definition) is 2. The zero-order valence-corrected chi connectivity index (χ0v) is 8.70. The smallest absolute Gasteiger partial charge is 0.180 e. The van der Waals surface area contributed by atoms with Gasteiger partial charge in [-0.15, -0.1) is 0 Å². The van der Waals surface area contributed by atoms with Crippen LogP contribution in [0, 0.1) is 0 Å². The lowest BCUT2D eigenvalue weighted by atomic mass is 9.87. The molecule has 1 saturated carbocycles. The first-order valence-electron chi connectivity index (χ1n) is 5.73. The van der Waals surface area contributed by atoms with Crippen molar-refractivity contribution < 1.29 is 4.79 Å². The summed E-state index contributed by atoms with van der Waals surface area (Å²) in [7, 11) is 0. The lowest BCUT2D eigenvalue weighted by molar-refractivity contribution is 0.0927. The van der Waals surface area contributed by atoms with Crippen LogP contribution in [0.3, 0.4) is 0 Å². The molecule has 0 bridgehead atoms. The number of ketones is 1. The second-order valence-electron chi connectivity index (χ2n) is 4.55. The SMILES string of the molecule is O=C1c2ccccc2CCC1NC1CC1. The van der Waals surface area contributed by atoms with Gasteiger partial charge in [0, 0.05) is 11.6 Å². The number of nitrogens with one attached hydrogen (secondary N) is 1. The summed E-state index contributed by atoms with van der Waals surface area (Å²) in [6.07, 6.45) is 4.48. The van der Waals surface area contributed by atoms with Crippen molar-refractivity contribution in [3.63, 3.8) is 0 Å². The number of fused-ring (bicyclic) bond motifs is 1. The van der Waals surface area contributed by atoms with Crippen LogP contribution in [0.5, 0.6) is 0 Å². The molecule has 2 nitrogen and oxygen atoms in total. The Labute approximate surface area is 89.7 Å². The molecule has 1 fully saturated rings. The molecule has 1 atom stereocenters. The molecule has 1 aromatic carbocycles. The highest BCUT2D eigenvalue weighted by atomic mass is 16.1. The molecule has 0 aromatic heterocycles. The molecule has 2 aliphatic carbocycles. The van der Waals surface area contributed by atoms with Gasteiger partial charge in [0.2, 0.25) is 0 Å². The first kappa shape index (κ1) is 9.10. The topological polar surface area (TPSA) is 29.1 Å². The van der Waals surface area contributed by atoms with Crippen LogP contribution >= 0.6 is 0 Å². The Morgan fingerprint density at radius 2 is 1.93 bits per heavy atom. The lowest BCUT2D eigenvalue weighted by Crippen LogP contribution is -2.41. The van der Waals surface area contributed by atoms with Crippen molar-refractivity contribution >= 4 is 5.78 Å². The fourth-order valence-electron chi connectivity index (χ4n) is 2.29. The molecule has 1 aromatic rings. The van der Waals surface area contributed by atoms with E-state index in [1.807, 2.05) is 18.2 Å². The average Bonchev–Trinajstić information content (AvgIpc) is 3.07. The molecule has 2 heteroatoms. The Morgan fingerprint density at radius 3 is 2.73 bits per heavy atom. The zero-order valence-electron chi connectivity index (χ0n) is 8.70. The molecule has 0 aliphatic heterocycles. The van der Waals surface area contributed by atoms with Crippen molar-refractivity contribution in [2.75, 3.05) is 0 Å². The quantitative estimate of drug-likeness (QED) is 0.792. The maximum absolute atomic E-state index is 12.1. The van der Waals surface area contributed by atoms with Gasteiger partial charge in [0.05, 0.1) is 6.04 Å². The average molecular weight is 201 g/mol. The molecule has 15 heavy (non-hydrogen) atoms. The van der Waals surface area contributed by atoms with Gasteiger partial charge in [-0.1, -0.05) is 24.3 Å². The monoisotopic (exact) mass is 201 g/mol. The molecule has 1 N–H and O–H groups in total. The van der Waals surface area contributed by atoms with Gasteiger partial charge in [-0.05, 0) is 31.2 Å². The van der Waals surface area contributed by atoms with E-state index in [-0.39, 0.29) is 6.04 Å². The van der Waals surface area contributed by atoms with Crippen molar-refractivity contribution in [2.45, 2.75) is 37.8 Å². The van der Waals surface area contributed by atoms with Gasteiger partial charge in [0.1, 0.15) is 0 Å². The minimum Gasteiger partial charge on any atom is -0.304 e. The molecule has 1 unspecified atom stereocenters. The van der Waals surface area contributed by atoms with Gasteiger partial charge in [-0.3, -0.25) is 4.79 Å². The minimum atomic E-state index is 0.0763. The predicted molar refractivity (Wildman–Crippen MR) is 59.0 cm³/mol. The maximum Gasteiger partial charge on any atom is 0.180 e. The van der Waals surface area contributed by atoms with E-state index in [1.165, 1.54) is 18.4 Å². The van der Waals surface area contributed by atoms with Gasteiger partial charge in [-0.25, -0.2) is 0 Å². The van der Waals surface area contributed by atoms with Crippen LogP contribution in [0.15, 0.2) is 24.3 Å². The summed E-state index contributed by atoms with van der Waals surface area (Å²) in [5.41, 5.74) is 2.15. The molecular weight excluding hydrogens is 186 g/mol. The van der Waals surface area contributed by atoms with Crippen LogP contribution in [0.1, 0.15) is 35.2 Å². The summed E-state index contributed by atoms with van der Waals surface area (Å²) >= 11 is 0. The number of carbonyl (C=O) groups excluding carboxylic acids is 1. The Balaban J connectivity index is 1.84. The van der Waals surface area contributed by atoms with Crippen LogP contribution in [-0.4, -0.2) is 17.9 Å². The maximum atomic E-state index is 12.1. The summed E-state index contributed by atoms with van der Waals surface area (Å²) in [5, 5.41) is 3.43. The van der Waals surface area contributed by atoms with Crippen molar-refractivity contribution in [1.29, 1.82) is 0 Å². The highest BCUT2D eigenvalue weighted by Crippen LogP contribution is 2.25. The molecule has 0 radical (unpaired) electrons. The Hall–Kier alpha value is -1.15. The number of benzene rings is 1. The van der Waals surface area contributed by atoms with E-state index in [0.717, 1.165) is 18.4 Å². The summed E-state index contributed by atoms with van der Waals surface area (Å²) in [4.78, 5) is 12.1. The van der Waals surface area contributed by atoms with E-state index in [9.17, 15) is 4.79 Å². The van der Waals surface area contributed by atoms with Crippen LogP contribution in [0.4, 0.5) is 0 Å². The van der Waals surface area contributed by atoms with Gasteiger partial charge < -0.3 is 5.32 Å². The van der Waals surface area contributed by atoms with Crippen molar-refractivity contribution in [1.82, 2.24) is 5.32 Å². The van der Waals surface area contributed by atoms with Gasteiger partial charge >= 0.3 is 0 Å². The molecule has 3 rings (SSSR count). The van der Waals surface area contributed by atoms with E-state index in [1.54, 1.807) is 0 Å². The van der Waals surface area contributed by atoms with Crippen molar-refractivity contribution in [3.05, 3.63) is 35.4 Å². The number of carbonyl (C=O) groups is 1. The predicted octanol–water partition coefficient (Wildman–Crippen LogP) is 1.94. The molecule has 0 heterocycles.